The van der Waals surface area contributed by atoms with Gasteiger partial charge in [-0.25, -0.2) is 9.18 Å². The van der Waals surface area contributed by atoms with E-state index in [0.717, 1.165) is 52.3 Å². The number of aromatic amines is 1. The Labute approximate surface area is 199 Å². The lowest BCUT2D eigenvalue weighted by Crippen LogP contribution is -1.99. The van der Waals surface area contributed by atoms with Crippen LogP contribution in [-0.4, -0.2) is 21.3 Å². The summed E-state index contributed by atoms with van der Waals surface area (Å²) in [7, 11) is 0. The molecule has 3 aromatic carbocycles. The molecule has 34 heavy (non-hydrogen) atoms. The topological polar surface area (TPSA) is 66.0 Å². The quantitative estimate of drug-likeness (QED) is 0.233. The normalized spacial score (nSPS) is 14.6. The van der Waals surface area contributed by atoms with Crippen molar-refractivity contribution >= 4 is 45.7 Å². The molecule has 0 bridgehead atoms. The minimum absolute atomic E-state index is 0.231. The number of hydrogen-bond donors (Lipinski definition) is 2. The van der Waals surface area contributed by atoms with E-state index in [-0.39, 0.29) is 5.92 Å². The van der Waals surface area contributed by atoms with E-state index < -0.39 is 17.7 Å². The number of carbonyl (C=O) groups is 1. The van der Waals surface area contributed by atoms with Crippen LogP contribution in [0.3, 0.4) is 0 Å². The van der Waals surface area contributed by atoms with Gasteiger partial charge < -0.3 is 5.11 Å². The van der Waals surface area contributed by atoms with E-state index >= 15 is 0 Å². The second kappa shape index (κ2) is 8.88. The monoisotopic (exact) mass is 476 g/mol. The number of hydrogen-bond acceptors (Lipinski definition) is 2. The van der Waals surface area contributed by atoms with Crippen LogP contribution in [0.1, 0.15) is 35.1 Å². The van der Waals surface area contributed by atoms with Crippen LogP contribution < -0.4 is 0 Å². The van der Waals surface area contributed by atoms with E-state index in [0.29, 0.717) is 15.9 Å². The van der Waals surface area contributed by atoms with Crippen LogP contribution in [0.15, 0.2) is 66.7 Å². The Morgan fingerprint density at radius 2 is 1.76 bits per heavy atom. The molecule has 7 heteroatoms. The predicted octanol–water partition coefficient (Wildman–Crippen LogP) is 6.96. The van der Waals surface area contributed by atoms with Gasteiger partial charge in [-0.3, -0.25) is 5.10 Å². The highest BCUT2D eigenvalue weighted by molar-refractivity contribution is 6.32. The summed E-state index contributed by atoms with van der Waals surface area (Å²) in [6.07, 6.45) is 4.53. The Hall–Kier alpha value is -3.77. The number of nitrogens with one attached hydrogen (secondary N) is 1. The lowest BCUT2D eigenvalue weighted by Gasteiger charge is -2.18. The number of aromatic nitrogens is 2. The first-order chi connectivity index (χ1) is 16.4. The number of aliphatic carboxylic acids is 1. The van der Waals surface area contributed by atoms with E-state index in [1.165, 1.54) is 18.2 Å². The van der Waals surface area contributed by atoms with E-state index in [1.807, 2.05) is 30.3 Å². The molecule has 0 aliphatic heterocycles. The Balaban J connectivity index is 1.75. The molecule has 0 saturated heterocycles. The molecule has 0 atom stereocenters. The fourth-order valence-electron chi connectivity index (χ4n) is 4.18. The fraction of sp³-hybridized carbons (Fsp3) is 0.111. The van der Waals surface area contributed by atoms with E-state index in [2.05, 4.69) is 10.2 Å². The molecule has 4 aromatic rings. The van der Waals surface area contributed by atoms with Crippen LogP contribution in [0, 0.1) is 17.7 Å². The molecule has 5 rings (SSSR count). The molecule has 170 valence electrons. The van der Waals surface area contributed by atoms with Gasteiger partial charge in [0.05, 0.1) is 15.9 Å². The number of allylic oxidation sites excluding steroid dienone is 1. The van der Waals surface area contributed by atoms with Gasteiger partial charge in [-0.05, 0) is 82.5 Å². The molecule has 0 radical (unpaired) electrons. The van der Waals surface area contributed by atoms with Crippen LogP contribution in [-0.2, 0) is 4.79 Å². The van der Waals surface area contributed by atoms with Gasteiger partial charge in [0.25, 0.3) is 0 Å². The Morgan fingerprint density at radius 3 is 2.44 bits per heavy atom. The van der Waals surface area contributed by atoms with E-state index in [9.17, 15) is 13.6 Å². The van der Waals surface area contributed by atoms with Crippen molar-refractivity contribution in [1.82, 2.24) is 10.2 Å². The average molecular weight is 477 g/mol. The summed E-state index contributed by atoms with van der Waals surface area (Å²) in [6, 6.07) is 17.2. The Bertz CT molecular complexity index is 1470. The molecule has 1 aliphatic rings. The van der Waals surface area contributed by atoms with Gasteiger partial charge in [-0.15, -0.1) is 5.10 Å². The molecular weight excluding hydrogens is 458 g/mol. The SMILES string of the molecule is O=C(O)C=Cc1ccc(C(=C(c2ccc(F)cc2Cl)C2CC2)c2ccc3[nH]nc(F)c3c2)cc1. The van der Waals surface area contributed by atoms with Crippen molar-refractivity contribution in [2.24, 2.45) is 5.92 Å². The van der Waals surface area contributed by atoms with Gasteiger partial charge in [-0.2, -0.15) is 4.39 Å². The van der Waals surface area contributed by atoms with Gasteiger partial charge in [0.1, 0.15) is 5.82 Å². The third-order valence-electron chi connectivity index (χ3n) is 5.90. The maximum absolute atomic E-state index is 14.3. The molecule has 0 spiro atoms. The highest BCUT2D eigenvalue weighted by Crippen LogP contribution is 2.49. The number of halogens is 3. The molecule has 1 heterocycles. The van der Waals surface area contributed by atoms with E-state index in [4.69, 9.17) is 16.7 Å². The number of carboxylic acid groups (broad SMARTS) is 1. The molecule has 1 aromatic heterocycles. The second-order valence-corrected chi connectivity index (χ2v) is 8.66. The number of nitrogens with zero attached hydrogens (tertiary/aromatic N) is 1. The standard InChI is InChI=1S/C27H19ClF2N2O2/c28-22-14-19(29)9-10-20(22)26(17-6-7-17)25(16-4-1-15(2-5-16)3-12-24(33)34)18-8-11-23-21(13-18)27(30)32-31-23/h1-5,8-14,17H,6-7H2,(H,31,32)(H,33,34). The van der Waals surface area contributed by atoms with Gasteiger partial charge in [0.15, 0.2) is 0 Å². The average Bonchev–Trinajstić information content (AvgIpc) is 3.59. The minimum atomic E-state index is -1.03. The zero-order valence-corrected chi connectivity index (χ0v) is 18.6. The first-order valence-electron chi connectivity index (χ1n) is 10.8. The summed E-state index contributed by atoms with van der Waals surface area (Å²) in [4.78, 5) is 10.9. The molecule has 2 N–H and O–H groups in total. The number of benzene rings is 3. The van der Waals surface area contributed by atoms with Crippen molar-refractivity contribution in [2.75, 3.05) is 0 Å². The molecule has 1 saturated carbocycles. The zero-order valence-electron chi connectivity index (χ0n) is 17.9. The first kappa shape index (κ1) is 22.0. The largest absolute Gasteiger partial charge is 0.478 e. The van der Waals surface area contributed by atoms with Crippen molar-refractivity contribution in [3.05, 3.63) is 106 Å². The lowest BCUT2D eigenvalue weighted by molar-refractivity contribution is -0.131. The van der Waals surface area contributed by atoms with Gasteiger partial charge >= 0.3 is 5.97 Å². The predicted molar refractivity (Wildman–Crippen MR) is 129 cm³/mol. The molecular formula is C27H19ClF2N2O2. The third-order valence-corrected chi connectivity index (χ3v) is 6.21. The molecule has 1 fully saturated rings. The van der Waals surface area contributed by atoms with Crippen molar-refractivity contribution in [3.8, 4) is 0 Å². The number of rotatable bonds is 6. The second-order valence-electron chi connectivity index (χ2n) is 8.26. The number of fused-ring (bicyclic) bond motifs is 1. The summed E-state index contributed by atoms with van der Waals surface area (Å²) in [6.45, 7) is 0. The lowest BCUT2D eigenvalue weighted by atomic mass is 9.86. The van der Waals surface area contributed by atoms with Crippen LogP contribution >= 0.6 is 11.6 Å². The van der Waals surface area contributed by atoms with Crippen LogP contribution in [0.4, 0.5) is 8.78 Å². The summed E-state index contributed by atoms with van der Waals surface area (Å²) in [5, 5.41) is 15.9. The molecule has 0 unspecified atom stereocenters. The fourth-order valence-corrected chi connectivity index (χ4v) is 4.45. The maximum Gasteiger partial charge on any atom is 0.328 e. The van der Waals surface area contributed by atoms with Crippen molar-refractivity contribution in [2.45, 2.75) is 12.8 Å². The summed E-state index contributed by atoms with van der Waals surface area (Å²) < 4.78 is 28.2. The van der Waals surface area contributed by atoms with Crippen molar-refractivity contribution in [1.29, 1.82) is 0 Å². The van der Waals surface area contributed by atoms with E-state index in [1.54, 1.807) is 18.2 Å². The minimum Gasteiger partial charge on any atom is -0.478 e. The Kier molecular flexibility index (Phi) is 5.75. The number of H-pyrrole nitrogens is 1. The Morgan fingerprint density at radius 1 is 1.03 bits per heavy atom. The number of carboxylic acids is 1. The zero-order chi connectivity index (χ0) is 23.8. The van der Waals surface area contributed by atoms with Gasteiger partial charge in [0.2, 0.25) is 5.95 Å². The molecule has 0 amide bonds. The smallest absolute Gasteiger partial charge is 0.328 e. The van der Waals surface area contributed by atoms with Crippen molar-refractivity contribution in [3.63, 3.8) is 0 Å². The first-order valence-corrected chi connectivity index (χ1v) is 11.1. The van der Waals surface area contributed by atoms with Crippen LogP contribution in [0.5, 0.6) is 0 Å². The molecule has 4 nitrogen and oxygen atoms in total. The molecule has 1 aliphatic carbocycles. The summed E-state index contributed by atoms with van der Waals surface area (Å²) >= 11 is 6.50. The van der Waals surface area contributed by atoms with Gasteiger partial charge in [0, 0.05) is 6.08 Å². The highest BCUT2D eigenvalue weighted by atomic mass is 35.5. The van der Waals surface area contributed by atoms with Crippen LogP contribution in [0.2, 0.25) is 5.02 Å². The maximum atomic E-state index is 14.3. The third kappa shape index (κ3) is 4.37. The highest BCUT2D eigenvalue weighted by Gasteiger charge is 2.32. The van der Waals surface area contributed by atoms with Crippen molar-refractivity contribution < 1.29 is 18.7 Å². The summed E-state index contributed by atoms with van der Waals surface area (Å²) in [5.41, 5.74) is 5.54. The van der Waals surface area contributed by atoms with Gasteiger partial charge in [-0.1, -0.05) is 48.0 Å². The summed E-state index contributed by atoms with van der Waals surface area (Å²) in [5.74, 6) is -1.79. The van der Waals surface area contributed by atoms with Crippen LogP contribution in [0.25, 0.3) is 28.1 Å².